The Morgan fingerprint density at radius 3 is 2.93 bits per heavy atom. The molecule has 0 saturated carbocycles. The molecule has 0 N–H and O–H groups in total. The van der Waals surface area contributed by atoms with Crippen LogP contribution < -0.4 is 0 Å². The molecule has 3 nitrogen and oxygen atoms in total. The van der Waals surface area contributed by atoms with Gasteiger partial charge in [0.1, 0.15) is 0 Å². The van der Waals surface area contributed by atoms with Gasteiger partial charge < -0.3 is 0 Å². The zero-order valence-electron chi connectivity index (χ0n) is 9.40. The maximum absolute atomic E-state index is 8.70. The van der Waals surface area contributed by atoms with E-state index in [4.69, 9.17) is 5.26 Å². The zero-order chi connectivity index (χ0) is 11.1. The maximum atomic E-state index is 8.70. The van der Waals surface area contributed by atoms with Crippen LogP contribution >= 0.6 is 0 Å². The van der Waals surface area contributed by atoms with Crippen molar-refractivity contribution in [2.24, 2.45) is 0 Å². The van der Waals surface area contributed by atoms with Crippen LogP contribution in [0.5, 0.6) is 0 Å². The lowest BCUT2D eigenvalue weighted by Gasteiger charge is -2.18. The third kappa shape index (κ3) is 3.69. The molecule has 0 aliphatic carbocycles. The predicted octanol–water partition coefficient (Wildman–Crippen LogP) is 2.13. The number of pyridine rings is 1. The molecule has 1 aromatic heterocycles. The van der Waals surface area contributed by atoms with Crippen molar-refractivity contribution < 1.29 is 0 Å². The van der Waals surface area contributed by atoms with Crippen LogP contribution in [0.15, 0.2) is 18.3 Å². The Bertz CT molecular complexity index is 341. The number of rotatable bonds is 5. The van der Waals surface area contributed by atoms with Gasteiger partial charge >= 0.3 is 0 Å². The topological polar surface area (TPSA) is 39.9 Å². The monoisotopic (exact) mass is 203 g/mol. The van der Waals surface area contributed by atoms with Crippen LogP contribution in [-0.2, 0) is 6.54 Å². The SMILES string of the molecule is CCCN(CC#N)Cc1ncccc1C. The molecule has 0 spiro atoms. The molecule has 0 bridgehead atoms. The molecule has 0 fully saturated rings. The van der Waals surface area contributed by atoms with Crippen molar-refractivity contribution >= 4 is 0 Å². The summed E-state index contributed by atoms with van der Waals surface area (Å²) in [7, 11) is 0. The molecule has 0 unspecified atom stereocenters. The van der Waals surface area contributed by atoms with Crippen LogP contribution in [-0.4, -0.2) is 23.0 Å². The second kappa shape index (κ2) is 6.15. The molecule has 0 aliphatic rings. The molecule has 0 saturated heterocycles. The number of aryl methyl sites for hydroxylation is 1. The van der Waals surface area contributed by atoms with Crippen molar-refractivity contribution in [2.75, 3.05) is 13.1 Å². The van der Waals surface area contributed by atoms with Crippen LogP contribution in [0.1, 0.15) is 24.6 Å². The highest BCUT2D eigenvalue weighted by atomic mass is 15.1. The highest BCUT2D eigenvalue weighted by molar-refractivity contribution is 5.17. The van der Waals surface area contributed by atoms with Crippen LogP contribution in [0.4, 0.5) is 0 Å². The number of aromatic nitrogens is 1. The van der Waals surface area contributed by atoms with Crippen molar-refractivity contribution in [1.82, 2.24) is 9.88 Å². The van der Waals surface area contributed by atoms with E-state index in [-0.39, 0.29) is 0 Å². The minimum atomic E-state index is 0.476. The first kappa shape index (κ1) is 11.7. The number of nitrogens with zero attached hydrogens (tertiary/aromatic N) is 3. The van der Waals surface area contributed by atoms with E-state index in [1.807, 2.05) is 6.07 Å². The van der Waals surface area contributed by atoms with E-state index in [2.05, 4.69) is 35.9 Å². The van der Waals surface area contributed by atoms with Crippen molar-refractivity contribution in [1.29, 1.82) is 5.26 Å². The summed E-state index contributed by atoms with van der Waals surface area (Å²) in [6.45, 7) is 6.37. The normalized spacial score (nSPS) is 10.3. The molecule has 0 radical (unpaired) electrons. The third-order valence-electron chi connectivity index (χ3n) is 2.33. The van der Waals surface area contributed by atoms with Crippen molar-refractivity contribution in [2.45, 2.75) is 26.8 Å². The van der Waals surface area contributed by atoms with E-state index in [0.29, 0.717) is 6.54 Å². The van der Waals surface area contributed by atoms with E-state index in [9.17, 15) is 0 Å². The second-order valence-electron chi connectivity index (χ2n) is 3.64. The van der Waals surface area contributed by atoms with Gasteiger partial charge in [0.05, 0.1) is 18.3 Å². The number of hydrogen-bond donors (Lipinski definition) is 0. The smallest absolute Gasteiger partial charge is 0.0869 e. The lowest BCUT2D eigenvalue weighted by molar-refractivity contribution is 0.294. The van der Waals surface area contributed by atoms with Gasteiger partial charge in [-0.15, -0.1) is 0 Å². The van der Waals surface area contributed by atoms with Crippen LogP contribution in [0.2, 0.25) is 0 Å². The first-order valence-corrected chi connectivity index (χ1v) is 5.27. The molecule has 3 heteroatoms. The fourth-order valence-electron chi connectivity index (χ4n) is 1.53. The molecule has 15 heavy (non-hydrogen) atoms. The number of hydrogen-bond acceptors (Lipinski definition) is 3. The van der Waals surface area contributed by atoms with Crippen LogP contribution in [0.3, 0.4) is 0 Å². The zero-order valence-corrected chi connectivity index (χ0v) is 9.40. The van der Waals surface area contributed by atoms with E-state index >= 15 is 0 Å². The van der Waals surface area contributed by atoms with E-state index < -0.39 is 0 Å². The Morgan fingerprint density at radius 1 is 1.53 bits per heavy atom. The van der Waals surface area contributed by atoms with Crippen molar-refractivity contribution in [3.05, 3.63) is 29.6 Å². The minimum absolute atomic E-state index is 0.476. The second-order valence-corrected chi connectivity index (χ2v) is 3.64. The molecule has 80 valence electrons. The van der Waals surface area contributed by atoms with Gasteiger partial charge in [0.15, 0.2) is 0 Å². The Morgan fingerprint density at radius 2 is 2.33 bits per heavy atom. The largest absolute Gasteiger partial charge is 0.285 e. The summed E-state index contributed by atoms with van der Waals surface area (Å²) in [5.41, 5.74) is 2.26. The minimum Gasteiger partial charge on any atom is -0.285 e. The average molecular weight is 203 g/mol. The van der Waals surface area contributed by atoms with Gasteiger partial charge in [-0.2, -0.15) is 5.26 Å². The van der Waals surface area contributed by atoms with Gasteiger partial charge in [0.25, 0.3) is 0 Å². The van der Waals surface area contributed by atoms with Gasteiger partial charge in [-0.05, 0) is 31.5 Å². The summed E-state index contributed by atoms with van der Waals surface area (Å²) in [6, 6.07) is 6.18. The Hall–Kier alpha value is -1.40. The summed E-state index contributed by atoms with van der Waals surface area (Å²) in [4.78, 5) is 6.45. The fraction of sp³-hybridized carbons (Fsp3) is 0.500. The Balaban J connectivity index is 2.66. The fourth-order valence-corrected chi connectivity index (χ4v) is 1.53. The number of nitriles is 1. The Labute approximate surface area is 91.4 Å². The summed E-state index contributed by atoms with van der Waals surface area (Å²) < 4.78 is 0. The molecule has 1 aromatic rings. The lowest BCUT2D eigenvalue weighted by Crippen LogP contribution is -2.25. The summed E-state index contributed by atoms with van der Waals surface area (Å²) in [5, 5.41) is 8.70. The lowest BCUT2D eigenvalue weighted by atomic mass is 10.2. The summed E-state index contributed by atoms with van der Waals surface area (Å²) in [5.74, 6) is 0. The van der Waals surface area contributed by atoms with Gasteiger partial charge in [-0.1, -0.05) is 13.0 Å². The molecule has 1 heterocycles. The summed E-state index contributed by atoms with van der Waals surface area (Å²) >= 11 is 0. The van der Waals surface area contributed by atoms with Crippen molar-refractivity contribution in [3.8, 4) is 6.07 Å². The van der Waals surface area contributed by atoms with Gasteiger partial charge in [-0.3, -0.25) is 9.88 Å². The third-order valence-corrected chi connectivity index (χ3v) is 2.33. The van der Waals surface area contributed by atoms with Crippen LogP contribution in [0, 0.1) is 18.3 Å². The molecule has 1 rings (SSSR count). The molecular formula is C12H17N3. The first-order valence-electron chi connectivity index (χ1n) is 5.27. The molecule has 0 aliphatic heterocycles. The highest BCUT2D eigenvalue weighted by Gasteiger charge is 2.06. The maximum Gasteiger partial charge on any atom is 0.0869 e. The summed E-state index contributed by atoms with van der Waals surface area (Å²) in [6.07, 6.45) is 2.87. The standard InChI is InChI=1S/C12H17N3/c1-3-8-15(9-6-13)10-12-11(2)5-4-7-14-12/h4-5,7H,3,8-10H2,1-2H3. The average Bonchev–Trinajstić information content (AvgIpc) is 2.22. The van der Waals surface area contributed by atoms with Gasteiger partial charge in [0, 0.05) is 12.7 Å². The molecule has 0 amide bonds. The van der Waals surface area contributed by atoms with Crippen molar-refractivity contribution in [3.63, 3.8) is 0 Å². The first-order chi connectivity index (χ1) is 7.27. The van der Waals surface area contributed by atoms with E-state index in [0.717, 1.165) is 25.2 Å². The van der Waals surface area contributed by atoms with E-state index in [1.165, 1.54) is 5.56 Å². The Kier molecular flexibility index (Phi) is 4.79. The predicted molar refractivity (Wildman–Crippen MR) is 60.2 cm³/mol. The molecule has 0 aromatic carbocycles. The highest BCUT2D eigenvalue weighted by Crippen LogP contribution is 2.07. The van der Waals surface area contributed by atoms with E-state index in [1.54, 1.807) is 6.20 Å². The van der Waals surface area contributed by atoms with Crippen LogP contribution in [0.25, 0.3) is 0 Å². The van der Waals surface area contributed by atoms with Gasteiger partial charge in [0.2, 0.25) is 0 Å². The molecule has 0 atom stereocenters. The molecular weight excluding hydrogens is 186 g/mol. The van der Waals surface area contributed by atoms with Gasteiger partial charge in [-0.25, -0.2) is 0 Å². The quantitative estimate of drug-likeness (QED) is 0.688.